The lowest BCUT2D eigenvalue weighted by Crippen LogP contribution is -2.30. The molecule has 0 saturated heterocycles. The van der Waals surface area contributed by atoms with E-state index in [1.165, 1.54) is 31.4 Å². The summed E-state index contributed by atoms with van der Waals surface area (Å²) in [6.45, 7) is 0. The maximum absolute atomic E-state index is 11.0. The van der Waals surface area contributed by atoms with Crippen LogP contribution in [0.15, 0.2) is 30.3 Å². The van der Waals surface area contributed by atoms with Crippen molar-refractivity contribution in [1.82, 2.24) is 6.15 Å². The summed E-state index contributed by atoms with van der Waals surface area (Å²) in [5.74, 6) is -0.463. The van der Waals surface area contributed by atoms with Crippen molar-refractivity contribution in [2.75, 3.05) is 7.11 Å². The van der Waals surface area contributed by atoms with Crippen LogP contribution in [0.4, 0.5) is 0 Å². The minimum Gasteiger partial charge on any atom is -0.508 e. The molecule has 2 aromatic carbocycles. The smallest absolute Gasteiger partial charge is 0.446 e. The van der Waals surface area contributed by atoms with E-state index in [0.717, 1.165) is 6.07 Å². The number of methoxy groups -OCH3 is 1. The van der Waals surface area contributed by atoms with Crippen LogP contribution in [-0.4, -0.2) is 41.5 Å². The molecule has 0 spiro atoms. The molecule has 3 rings (SSSR count). The van der Waals surface area contributed by atoms with Crippen LogP contribution in [0, 0.1) is 0 Å². The molecule has 0 saturated carbocycles. The van der Waals surface area contributed by atoms with Crippen LogP contribution in [0.25, 0.3) is 0 Å². The van der Waals surface area contributed by atoms with E-state index in [0.29, 0.717) is 11.1 Å². The monoisotopic (exact) mass is 401 g/mol. The number of phenols is 2. The Morgan fingerprint density at radius 2 is 1.85 bits per heavy atom. The number of aliphatic hydroxyl groups excluding tert-OH is 1. The minimum absolute atomic E-state index is 0. The van der Waals surface area contributed by atoms with Crippen molar-refractivity contribution in [3.63, 3.8) is 0 Å². The molecular weight excluding hydrogens is 382 g/mol. The third-order valence-electron chi connectivity index (χ3n) is 3.90. The summed E-state index contributed by atoms with van der Waals surface area (Å²) >= 11 is 0. The highest BCUT2D eigenvalue weighted by molar-refractivity contribution is 7.81. The molecular formula is C16H19NO9S. The van der Waals surface area contributed by atoms with E-state index in [1.54, 1.807) is 0 Å². The van der Waals surface area contributed by atoms with Crippen molar-refractivity contribution in [3.8, 4) is 28.7 Å². The van der Waals surface area contributed by atoms with E-state index < -0.39 is 22.6 Å². The van der Waals surface area contributed by atoms with Crippen LogP contribution in [0.5, 0.6) is 28.7 Å². The fourth-order valence-electron chi connectivity index (χ4n) is 2.80. The average molecular weight is 401 g/mol. The molecule has 1 aliphatic heterocycles. The molecule has 10 nitrogen and oxygen atoms in total. The van der Waals surface area contributed by atoms with Gasteiger partial charge in [-0.3, -0.25) is 4.55 Å². The van der Waals surface area contributed by atoms with E-state index >= 15 is 0 Å². The Bertz CT molecular complexity index is 945. The van der Waals surface area contributed by atoms with Crippen LogP contribution in [-0.2, 0) is 16.8 Å². The molecule has 0 bridgehead atoms. The number of benzene rings is 2. The molecule has 1 heterocycles. The molecule has 2 atom stereocenters. The molecule has 0 aliphatic carbocycles. The van der Waals surface area contributed by atoms with Gasteiger partial charge in [0, 0.05) is 24.1 Å². The lowest BCUT2D eigenvalue weighted by atomic mass is 9.94. The highest BCUT2D eigenvalue weighted by Crippen LogP contribution is 2.43. The molecule has 0 unspecified atom stereocenters. The summed E-state index contributed by atoms with van der Waals surface area (Å²) in [6.07, 6.45) is -1.95. The maximum atomic E-state index is 11.0. The van der Waals surface area contributed by atoms with Crippen molar-refractivity contribution >= 4 is 10.4 Å². The van der Waals surface area contributed by atoms with Gasteiger partial charge in [0.1, 0.15) is 23.4 Å². The number of fused-ring (bicyclic) bond motifs is 1. The first-order valence-electron chi connectivity index (χ1n) is 7.42. The lowest BCUT2D eigenvalue weighted by Gasteiger charge is -2.31. The summed E-state index contributed by atoms with van der Waals surface area (Å²) < 4.78 is 46.0. The van der Waals surface area contributed by atoms with Gasteiger partial charge >= 0.3 is 10.4 Å². The van der Waals surface area contributed by atoms with Crippen molar-refractivity contribution in [2.45, 2.75) is 18.6 Å². The number of phenolic OH excluding ortho intramolecular Hbond substituents is 2. The third kappa shape index (κ3) is 4.34. The van der Waals surface area contributed by atoms with Crippen molar-refractivity contribution < 1.29 is 41.9 Å². The number of hydrogen-bond acceptors (Lipinski definition) is 9. The zero-order valence-corrected chi connectivity index (χ0v) is 15.0. The highest BCUT2D eigenvalue weighted by Gasteiger charge is 2.32. The number of rotatable bonds is 4. The lowest BCUT2D eigenvalue weighted by molar-refractivity contribution is 0.0197. The van der Waals surface area contributed by atoms with E-state index in [9.17, 15) is 23.7 Å². The standard InChI is InChI=1S/C16H16O9S.H3N/c1-23-13-3-2-8(4-15(13)25-26(20,21)22)16-12(19)7-10-11(18)5-9(17)6-14(10)24-16;/h2-6,12,16-19H,7H2,1H3,(H,20,21,22);1H3/t12-,16-;/m1./s1. The number of aliphatic hydroxyl groups is 1. The topological polar surface area (TPSA) is 178 Å². The highest BCUT2D eigenvalue weighted by atomic mass is 32.3. The first-order valence-corrected chi connectivity index (χ1v) is 8.79. The van der Waals surface area contributed by atoms with Gasteiger partial charge < -0.3 is 35.1 Å². The van der Waals surface area contributed by atoms with E-state index in [1.807, 2.05) is 0 Å². The second-order valence-electron chi connectivity index (χ2n) is 5.67. The van der Waals surface area contributed by atoms with E-state index in [4.69, 9.17) is 14.0 Å². The Labute approximate surface area is 155 Å². The summed E-state index contributed by atoms with van der Waals surface area (Å²) in [5, 5.41) is 29.8. The van der Waals surface area contributed by atoms with Crippen LogP contribution in [0.2, 0.25) is 0 Å². The Morgan fingerprint density at radius 1 is 1.15 bits per heavy atom. The molecule has 1 aliphatic rings. The Kier molecular flexibility index (Phi) is 5.70. The zero-order valence-electron chi connectivity index (χ0n) is 14.2. The van der Waals surface area contributed by atoms with Gasteiger partial charge in [-0.05, 0) is 17.7 Å². The Balaban J connectivity index is 0.00000261. The van der Waals surface area contributed by atoms with Crippen LogP contribution >= 0.6 is 0 Å². The second kappa shape index (κ2) is 7.48. The summed E-state index contributed by atoms with van der Waals surface area (Å²) in [4.78, 5) is 0. The molecule has 0 aromatic heterocycles. The minimum atomic E-state index is -4.78. The van der Waals surface area contributed by atoms with Gasteiger partial charge in [-0.1, -0.05) is 6.07 Å². The van der Waals surface area contributed by atoms with Crippen molar-refractivity contribution in [3.05, 3.63) is 41.5 Å². The number of ether oxygens (including phenoxy) is 2. The van der Waals surface area contributed by atoms with E-state index in [2.05, 4.69) is 4.18 Å². The SMILES string of the molecule is COc1ccc([C@H]2Oc3cc(O)cc(O)c3C[C@H]2O)cc1OS(=O)(=O)O.N. The van der Waals surface area contributed by atoms with Crippen LogP contribution in [0.1, 0.15) is 17.2 Å². The van der Waals surface area contributed by atoms with Gasteiger partial charge in [0.2, 0.25) is 0 Å². The normalized spacial score (nSPS) is 18.6. The molecule has 27 heavy (non-hydrogen) atoms. The van der Waals surface area contributed by atoms with E-state index in [-0.39, 0.29) is 41.3 Å². The quantitative estimate of drug-likeness (QED) is 0.471. The van der Waals surface area contributed by atoms with Gasteiger partial charge in [0.05, 0.1) is 13.2 Å². The average Bonchev–Trinajstić information content (AvgIpc) is 2.53. The Hall–Kier alpha value is -2.73. The van der Waals surface area contributed by atoms with Crippen molar-refractivity contribution in [2.24, 2.45) is 0 Å². The van der Waals surface area contributed by atoms with Crippen LogP contribution in [0.3, 0.4) is 0 Å². The van der Waals surface area contributed by atoms with Crippen LogP contribution < -0.4 is 19.8 Å². The Morgan fingerprint density at radius 3 is 2.48 bits per heavy atom. The summed E-state index contributed by atoms with van der Waals surface area (Å²) in [7, 11) is -3.49. The molecule has 0 radical (unpaired) electrons. The first kappa shape index (κ1) is 20.6. The fourth-order valence-corrected chi connectivity index (χ4v) is 3.15. The largest absolute Gasteiger partial charge is 0.508 e. The molecule has 2 aromatic rings. The number of hydrogen-bond donors (Lipinski definition) is 5. The van der Waals surface area contributed by atoms with Gasteiger partial charge in [0.25, 0.3) is 0 Å². The zero-order chi connectivity index (χ0) is 19.1. The molecule has 148 valence electrons. The molecule has 0 amide bonds. The summed E-state index contributed by atoms with van der Waals surface area (Å²) in [6, 6.07) is 6.60. The fraction of sp³-hybridized carbons (Fsp3) is 0.250. The molecule has 7 N–H and O–H groups in total. The van der Waals surface area contributed by atoms with Gasteiger partial charge in [-0.25, -0.2) is 0 Å². The second-order valence-corrected chi connectivity index (χ2v) is 6.69. The van der Waals surface area contributed by atoms with Gasteiger partial charge in [-0.2, -0.15) is 8.42 Å². The first-order chi connectivity index (χ1) is 12.2. The maximum Gasteiger partial charge on any atom is 0.446 e. The van der Waals surface area contributed by atoms with Gasteiger partial charge in [0.15, 0.2) is 11.5 Å². The van der Waals surface area contributed by atoms with Gasteiger partial charge in [-0.15, -0.1) is 0 Å². The predicted molar refractivity (Wildman–Crippen MR) is 93.0 cm³/mol. The van der Waals surface area contributed by atoms with Crippen molar-refractivity contribution in [1.29, 1.82) is 0 Å². The third-order valence-corrected chi connectivity index (χ3v) is 4.29. The summed E-state index contributed by atoms with van der Waals surface area (Å²) in [5.41, 5.74) is 0.680. The molecule has 11 heteroatoms. The number of aromatic hydroxyl groups is 2. The molecule has 0 fully saturated rings. The predicted octanol–water partition coefficient (Wildman–Crippen LogP) is 1.49.